The molecule has 2 amide bonds. The zero-order valence-electron chi connectivity index (χ0n) is 14.0. The van der Waals surface area contributed by atoms with E-state index in [1.165, 1.54) is 17.5 Å². The molecule has 1 aromatic carbocycles. The van der Waals surface area contributed by atoms with E-state index in [0.29, 0.717) is 26.2 Å². The van der Waals surface area contributed by atoms with Crippen LogP contribution in [0.5, 0.6) is 5.75 Å². The van der Waals surface area contributed by atoms with E-state index in [2.05, 4.69) is 12.1 Å². The van der Waals surface area contributed by atoms with E-state index in [-0.39, 0.29) is 24.3 Å². The summed E-state index contributed by atoms with van der Waals surface area (Å²) in [5, 5.41) is 0. The van der Waals surface area contributed by atoms with Crippen LogP contribution in [0.4, 0.5) is 0 Å². The van der Waals surface area contributed by atoms with E-state index >= 15 is 0 Å². The predicted octanol–water partition coefficient (Wildman–Crippen LogP) is 1.63. The molecule has 1 heterocycles. The van der Waals surface area contributed by atoms with Gasteiger partial charge in [-0.2, -0.15) is 0 Å². The topological polar surface area (TPSA) is 49.9 Å². The third kappa shape index (κ3) is 3.25. The van der Waals surface area contributed by atoms with Crippen LogP contribution in [0.15, 0.2) is 18.2 Å². The van der Waals surface area contributed by atoms with Crippen LogP contribution in [0.3, 0.4) is 0 Å². The number of hydrogen-bond donors (Lipinski definition) is 0. The number of aryl methyl sites for hydroxylation is 2. The number of amides is 2. The lowest BCUT2D eigenvalue weighted by Crippen LogP contribution is -2.52. The summed E-state index contributed by atoms with van der Waals surface area (Å²) >= 11 is 0. The van der Waals surface area contributed by atoms with Gasteiger partial charge >= 0.3 is 0 Å². The molecule has 0 unspecified atom stereocenters. The maximum absolute atomic E-state index is 12.3. The lowest BCUT2D eigenvalue weighted by Gasteiger charge is -2.34. The number of carbonyl (C=O) groups excluding carboxylic acids is 2. The van der Waals surface area contributed by atoms with Crippen LogP contribution in [0.1, 0.15) is 30.4 Å². The smallest absolute Gasteiger partial charge is 0.260 e. The monoisotopic (exact) mass is 328 g/mol. The van der Waals surface area contributed by atoms with Gasteiger partial charge in [-0.3, -0.25) is 9.59 Å². The van der Waals surface area contributed by atoms with Crippen LogP contribution < -0.4 is 4.74 Å². The van der Waals surface area contributed by atoms with Gasteiger partial charge in [0.05, 0.1) is 0 Å². The van der Waals surface area contributed by atoms with Gasteiger partial charge < -0.3 is 14.5 Å². The van der Waals surface area contributed by atoms with Crippen molar-refractivity contribution in [2.45, 2.75) is 32.1 Å². The van der Waals surface area contributed by atoms with E-state index in [4.69, 9.17) is 4.74 Å². The number of rotatable bonds is 4. The van der Waals surface area contributed by atoms with Gasteiger partial charge in [-0.15, -0.1) is 0 Å². The third-order valence-corrected chi connectivity index (χ3v) is 5.30. The molecular weight excluding hydrogens is 304 g/mol. The molecule has 0 N–H and O–H groups in total. The van der Waals surface area contributed by atoms with Crippen LogP contribution in [-0.2, 0) is 22.4 Å². The normalized spacial score (nSPS) is 20.0. The summed E-state index contributed by atoms with van der Waals surface area (Å²) in [4.78, 5) is 28.1. The Morgan fingerprint density at radius 2 is 1.71 bits per heavy atom. The molecule has 1 aromatic rings. The van der Waals surface area contributed by atoms with Crippen molar-refractivity contribution in [1.82, 2.24) is 9.80 Å². The first-order chi connectivity index (χ1) is 11.7. The van der Waals surface area contributed by atoms with Crippen molar-refractivity contribution in [2.24, 2.45) is 5.92 Å². The number of nitrogens with zero attached hydrogens (tertiary/aromatic N) is 2. The van der Waals surface area contributed by atoms with Crippen LogP contribution in [0.25, 0.3) is 0 Å². The highest BCUT2D eigenvalue weighted by molar-refractivity contribution is 5.82. The van der Waals surface area contributed by atoms with Crippen molar-refractivity contribution in [3.05, 3.63) is 29.3 Å². The average Bonchev–Trinajstić information content (AvgIpc) is 3.37. The minimum atomic E-state index is 0.00835. The molecule has 0 spiro atoms. The first kappa shape index (κ1) is 15.5. The van der Waals surface area contributed by atoms with Crippen molar-refractivity contribution in [3.8, 4) is 5.75 Å². The number of piperazine rings is 1. The minimum absolute atomic E-state index is 0.00835. The van der Waals surface area contributed by atoms with E-state index in [0.717, 1.165) is 31.4 Å². The second-order valence-corrected chi connectivity index (χ2v) is 7.05. The summed E-state index contributed by atoms with van der Waals surface area (Å²) in [6, 6.07) is 6.15. The predicted molar refractivity (Wildman–Crippen MR) is 89.8 cm³/mol. The van der Waals surface area contributed by atoms with E-state index < -0.39 is 0 Å². The molecule has 2 fully saturated rings. The van der Waals surface area contributed by atoms with Crippen LogP contribution >= 0.6 is 0 Å². The van der Waals surface area contributed by atoms with E-state index in [9.17, 15) is 9.59 Å². The van der Waals surface area contributed by atoms with Gasteiger partial charge in [0.2, 0.25) is 5.91 Å². The molecule has 3 aliphatic rings. The number of benzene rings is 1. The number of hydrogen-bond acceptors (Lipinski definition) is 3. The van der Waals surface area contributed by atoms with Crippen molar-refractivity contribution in [2.75, 3.05) is 32.8 Å². The molecule has 128 valence electrons. The number of fused-ring (bicyclic) bond motifs is 1. The highest BCUT2D eigenvalue weighted by Gasteiger charge is 2.35. The third-order valence-electron chi connectivity index (χ3n) is 5.30. The van der Waals surface area contributed by atoms with Gasteiger partial charge in [0, 0.05) is 32.1 Å². The highest BCUT2D eigenvalue weighted by Crippen LogP contribution is 2.31. The van der Waals surface area contributed by atoms with Gasteiger partial charge in [0.25, 0.3) is 5.91 Å². The SMILES string of the molecule is O=C(COc1ccc2c(c1)CCC2)N1CCN(C(=O)C2CC2)CC1. The highest BCUT2D eigenvalue weighted by atomic mass is 16.5. The van der Waals surface area contributed by atoms with Gasteiger partial charge in [-0.05, 0) is 55.4 Å². The maximum Gasteiger partial charge on any atom is 0.260 e. The minimum Gasteiger partial charge on any atom is -0.484 e. The number of ether oxygens (including phenoxy) is 1. The molecular formula is C19H24N2O3. The molecule has 0 bridgehead atoms. The fourth-order valence-electron chi connectivity index (χ4n) is 3.64. The fourth-order valence-corrected chi connectivity index (χ4v) is 3.64. The molecule has 4 rings (SSSR count). The zero-order valence-corrected chi connectivity index (χ0v) is 14.0. The number of carbonyl (C=O) groups is 2. The summed E-state index contributed by atoms with van der Waals surface area (Å²) in [7, 11) is 0. The van der Waals surface area contributed by atoms with Crippen molar-refractivity contribution >= 4 is 11.8 Å². The maximum atomic E-state index is 12.3. The largest absolute Gasteiger partial charge is 0.484 e. The van der Waals surface area contributed by atoms with Gasteiger partial charge in [0.1, 0.15) is 5.75 Å². The molecule has 1 saturated carbocycles. The summed E-state index contributed by atoms with van der Waals surface area (Å²) in [5.41, 5.74) is 2.76. The molecule has 0 atom stereocenters. The second-order valence-electron chi connectivity index (χ2n) is 7.05. The second kappa shape index (κ2) is 6.46. The van der Waals surface area contributed by atoms with Crippen LogP contribution in [-0.4, -0.2) is 54.4 Å². The fraction of sp³-hybridized carbons (Fsp3) is 0.579. The van der Waals surface area contributed by atoms with E-state index in [1.807, 2.05) is 15.9 Å². The standard InChI is InChI=1S/C19H24N2O3/c22-18(13-24-17-7-6-14-2-1-3-16(14)12-17)20-8-10-21(11-9-20)19(23)15-4-5-15/h6-7,12,15H,1-5,8-11,13H2. The lowest BCUT2D eigenvalue weighted by molar-refractivity contribution is -0.141. The van der Waals surface area contributed by atoms with Crippen molar-refractivity contribution in [1.29, 1.82) is 0 Å². The molecule has 5 nitrogen and oxygen atoms in total. The molecule has 2 aliphatic carbocycles. The Hall–Kier alpha value is -2.04. The summed E-state index contributed by atoms with van der Waals surface area (Å²) < 4.78 is 5.70. The summed E-state index contributed by atoms with van der Waals surface area (Å²) in [6.45, 7) is 2.62. The van der Waals surface area contributed by atoms with Gasteiger partial charge in [0.15, 0.2) is 6.61 Å². The zero-order chi connectivity index (χ0) is 16.5. The Morgan fingerprint density at radius 3 is 2.46 bits per heavy atom. The Balaban J connectivity index is 1.25. The van der Waals surface area contributed by atoms with Crippen molar-refractivity contribution < 1.29 is 14.3 Å². The molecule has 24 heavy (non-hydrogen) atoms. The lowest BCUT2D eigenvalue weighted by atomic mass is 10.1. The molecule has 1 saturated heterocycles. The Bertz CT molecular complexity index is 646. The molecule has 1 aliphatic heterocycles. The first-order valence-corrected chi connectivity index (χ1v) is 9.02. The molecule has 0 aromatic heterocycles. The summed E-state index contributed by atoms with van der Waals surface area (Å²) in [6.07, 6.45) is 5.54. The van der Waals surface area contributed by atoms with Crippen LogP contribution in [0, 0.1) is 5.92 Å². The van der Waals surface area contributed by atoms with E-state index in [1.54, 1.807) is 0 Å². The summed E-state index contributed by atoms with van der Waals surface area (Å²) in [5.74, 6) is 1.33. The first-order valence-electron chi connectivity index (χ1n) is 9.02. The quantitative estimate of drug-likeness (QED) is 0.844. The molecule has 0 radical (unpaired) electrons. The Kier molecular flexibility index (Phi) is 4.17. The van der Waals surface area contributed by atoms with Crippen LogP contribution in [0.2, 0.25) is 0 Å². The average molecular weight is 328 g/mol. The Labute approximate surface area is 142 Å². The Morgan fingerprint density at radius 1 is 1.00 bits per heavy atom. The van der Waals surface area contributed by atoms with Crippen molar-refractivity contribution in [3.63, 3.8) is 0 Å². The van der Waals surface area contributed by atoms with Gasteiger partial charge in [-0.25, -0.2) is 0 Å². The van der Waals surface area contributed by atoms with Gasteiger partial charge in [-0.1, -0.05) is 6.07 Å². The molecule has 5 heteroatoms.